The van der Waals surface area contributed by atoms with Crippen molar-refractivity contribution < 1.29 is 0 Å². The molecule has 0 amide bonds. The molecular formula is C22H24N2S. The van der Waals surface area contributed by atoms with Crippen molar-refractivity contribution in [2.75, 3.05) is 5.32 Å². The van der Waals surface area contributed by atoms with E-state index < -0.39 is 0 Å². The molecule has 4 rings (SSSR count). The lowest BCUT2D eigenvalue weighted by atomic mass is 9.84. The van der Waals surface area contributed by atoms with E-state index in [4.69, 9.17) is 4.98 Å². The van der Waals surface area contributed by atoms with Crippen molar-refractivity contribution in [3.8, 4) is 11.3 Å². The quantitative estimate of drug-likeness (QED) is 0.554. The highest BCUT2D eigenvalue weighted by molar-refractivity contribution is 7.14. The lowest BCUT2D eigenvalue weighted by Crippen LogP contribution is -2.04. The van der Waals surface area contributed by atoms with Gasteiger partial charge in [-0.25, -0.2) is 4.98 Å². The van der Waals surface area contributed by atoms with Crippen molar-refractivity contribution in [3.05, 3.63) is 65.0 Å². The van der Waals surface area contributed by atoms with Gasteiger partial charge in [-0.1, -0.05) is 61.2 Å². The second kappa shape index (κ2) is 7.40. The van der Waals surface area contributed by atoms with Crippen LogP contribution in [0.5, 0.6) is 0 Å². The first-order valence-corrected chi connectivity index (χ1v) is 10.1. The molecule has 2 nitrogen and oxygen atoms in total. The van der Waals surface area contributed by atoms with Gasteiger partial charge in [-0.3, -0.25) is 0 Å². The Kier molecular flexibility index (Phi) is 4.84. The summed E-state index contributed by atoms with van der Waals surface area (Å²) in [6.07, 6.45) is 6.87. The highest BCUT2D eigenvalue weighted by Gasteiger charge is 2.15. The van der Waals surface area contributed by atoms with Crippen molar-refractivity contribution in [1.82, 2.24) is 4.98 Å². The topological polar surface area (TPSA) is 24.9 Å². The fourth-order valence-electron chi connectivity index (χ4n) is 3.59. The number of nitrogens with one attached hydrogen (secondary N) is 1. The number of benzene rings is 2. The van der Waals surface area contributed by atoms with Gasteiger partial charge in [0.25, 0.3) is 0 Å². The first-order chi connectivity index (χ1) is 12.3. The third-order valence-electron chi connectivity index (χ3n) is 5.09. The number of thiazole rings is 1. The van der Waals surface area contributed by atoms with Crippen molar-refractivity contribution >= 4 is 22.2 Å². The van der Waals surface area contributed by atoms with E-state index in [2.05, 4.69) is 66.2 Å². The van der Waals surface area contributed by atoms with E-state index >= 15 is 0 Å². The molecule has 0 bridgehead atoms. The van der Waals surface area contributed by atoms with Crippen LogP contribution in [-0.4, -0.2) is 4.98 Å². The molecule has 1 heterocycles. The molecule has 3 heteroatoms. The molecule has 0 saturated heterocycles. The van der Waals surface area contributed by atoms with E-state index in [1.54, 1.807) is 11.3 Å². The average Bonchev–Trinajstić information content (AvgIpc) is 3.13. The molecule has 1 aromatic heterocycles. The Hall–Kier alpha value is -2.13. The molecule has 1 saturated carbocycles. The first-order valence-electron chi connectivity index (χ1n) is 9.17. The highest BCUT2D eigenvalue weighted by atomic mass is 32.1. The summed E-state index contributed by atoms with van der Waals surface area (Å²) in [6, 6.07) is 17.5. The van der Waals surface area contributed by atoms with Crippen LogP contribution in [0.3, 0.4) is 0 Å². The van der Waals surface area contributed by atoms with E-state index in [0.717, 1.165) is 22.4 Å². The lowest BCUT2D eigenvalue weighted by molar-refractivity contribution is 0.443. The number of anilines is 2. The molecule has 0 spiro atoms. The number of hydrogen-bond donors (Lipinski definition) is 1. The number of nitrogens with zero attached hydrogens (tertiary/aromatic N) is 1. The Morgan fingerprint density at radius 2 is 1.64 bits per heavy atom. The molecule has 3 aromatic rings. The molecule has 1 aliphatic carbocycles. The van der Waals surface area contributed by atoms with Gasteiger partial charge >= 0.3 is 0 Å². The van der Waals surface area contributed by atoms with Crippen LogP contribution >= 0.6 is 11.3 Å². The Bertz CT molecular complexity index is 812. The van der Waals surface area contributed by atoms with Gasteiger partial charge in [-0.05, 0) is 43.4 Å². The maximum Gasteiger partial charge on any atom is 0.187 e. The van der Waals surface area contributed by atoms with Crippen LogP contribution in [0.15, 0.2) is 53.9 Å². The standard InChI is InChI=1S/C22H24N2S/c1-16-7-13-20(14-8-16)23-22-24-21(15-25-22)19-11-9-18(10-12-19)17-5-3-2-4-6-17/h7-15,17H,2-6H2,1H3,(H,23,24). The van der Waals surface area contributed by atoms with Crippen LogP contribution in [0, 0.1) is 6.92 Å². The summed E-state index contributed by atoms with van der Waals surface area (Å²) in [4.78, 5) is 4.75. The van der Waals surface area contributed by atoms with E-state index in [1.807, 2.05) is 0 Å². The summed E-state index contributed by atoms with van der Waals surface area (Å²) < 4.78 is 0. The molecule has 1 aliphatic rings. The van der Waals surface area contributed by atoms with Gasteiger partial charge < -0.3 is 5.32 Å². The normalized spacial score (nSPS) is 15.2. The monoisotopic (exact) mass is 348 g/mol. The van der Waals surface area contributed by atoms with Crippen LogP contribution in [0.1, 0.15) is 49.1 Å². The molecule has 0 aliphatic heterocycles. The number of rotatable bonds is 4. The molecule has 128 valence electrons. The molecule has 1 fully saturated rings. The predicted octanol–water partition coefficient (Wildman–Crippen LogP) is 6.91. The zero-order valence-electron chi connectivity index (χ0n) is 14.7. The summed E-state index contributed by atoms with van der Waals surface area (Å²) in [7, 11) is 0. The van der Waals surface area contributed by atoms with Gasteiger partial charge in [0.15, 0.2) is 5.13 Å². The largest absolute Gasteiger partial charge is 0.332 e. The molecular weight excluding hydrogens is 324 g/mol. The zero-order chi connectivity index (χ0) is 17.1. The van der Waals surface area contributed by atoms with Crippen molar-refractivity contribution in [1.29, 1.82) is 0 Å². The minimum absolute atomic E-state index is 0.761. The van der Waals surface area contributed by atoms with Crippen LogP contribution in [-0.2, 0) is 0 Å². The third-order valence-corrected chi connectivity index (χ3v) is 5.85. The molecule has 0 unspecified atom stereocenters. The maximum absolute atomic E-state index is 4.75. The van der Waals surface area contributed by atoms with Crippen LogP contribution in [0.25, 0.3) is 11.3 Å². The Morgan fingerprint density at radius 3 is 2.36 bits per heavy atom. The van der Waals surface area contributed by atoms with Gasteiger partial charge in [-0.15, -0.1) is 11.3 Å². The smallest absolute Gasteiger partial charge is 0.187 e. The summed E-state index contributed by atoms with van der Waals surface area (Å²) >= 11 is 1.65. The summed E-state index contributed by atoms with van der Waals surface area (Å²) in [5.74, 6) is 0.761. The minimum atomic E-state index is 0.761. The van der Waals surface area contributed by atoms with E-state index in [0.29, 0.717) is 0 Å². The second-order valence-corrected chi connectivity index (χ2v) is 7.84. The maximum atomic E-state index is 4.75. The summed E-state index contributed by atoms with van der Waals surface area (Å²) in [5.41, 5.74) is 6.10. The SMILES string of the molecule is Cc1ccc(Nc2nc(-c3ccc(C4CCCCC4)cc3)cs2)cc1. The molecule has 2 aromatic carbocycles. The third kappa shape index (κ3) is 3.93. The van der Waals surface area contributed by atoms with Crippen molar-refractivity contribution in [2.45, 2.75) is 44.9 Å². The Labute approximate surface area is 154 Å². The average molecular weight is 349 g/mol. The Balaban J connectivity index is 1.46. The van der Waals surface area contributed by atoms with E-state index in [9.17, 15) is 0 Å². The number of aryl methyl sites for hydroxylation is 1. The molecule has 25 heavy (non-hydrogen) atoms. The molecule has 0 radical (unpaired) electrons. The molecule has 0 atom stereocenters. The van der Waals surface area contributed by atoms with Gasteiger partial charge in [-0.2, -0.15) is 0 Å². The van der Waals surface area contributed by atoms with E-state index in [-0.39, 0.29) is 0 Å². The van der Waals surface area contributed by atoms with Gasteiger partial charge in [0.2, 0.25) is 0 Å². The van der Waals surface area contributed by atoms with Crippen LogP contribution in [0.2, 0.25) is 0 Å². The van der Waals surface area contributed by atoms with E-state index in [1.165, 1.54) is 48.8 Å². The van der Waals surface area contributed by atoms with Crippen molar-refractivity contribution in [3.63, 3.8) is 0 Å². The van der Waals surface area contributed by atoms with Crippen molar-refractivity contribution in [2.24, 2.45) is 0 Å². The predicted molar refractivity (Wildman–Crippen MR) is 108 cm³/mol. The van der Waals surface area contributed by atoms with Gasteiger partial charge in [0.1, 0.15) is 0 Å². The lowest BCUT2D eigenvalue weighted by Gasteiger charge is -2.22. The van der Waals surface area contributed by atoms with Crippen LogP contribution in [0.4, 0.5) is 10.8 Å². The molecule has 1 N–H and O–H groups in total. The van der Waals surface area contributed by atoms with Crippen LogP contribution < -0.4 is 5.32 Å². The summed E-state index contributed by atoms with van der Waals surface area (Å²) in [5, 5.41) is 6.46. The number of hydrogen-bond acceptors (Lipinski definition) is 3. The second-order valence-electron chi connectivity index (χ2n) is 6.99. The van der Waals surface area contributed by atoms with Gasteiger partial charge in [0, 0.05) is 16.6 Å². The fourth-order valence-corrected chi connectivity index (χ4v) is 4.33. The highest BCUT2D eigenvalue weighted by Crippen LogP contribution is 2.34. The van der Waals surface area contributed by atoms with Gasteiger partial charge in [0.05, 0.1) is 5.69 Å². The fraction of sp³-hybridized carbons (Fsp3) is 0.318. The minimum Gasteiger partial charge on any atom is -0.332 e. The number of aromatic nitrogens is 1. The Morgan fingerprint density at radius 1 is 0.920 bits per heavy atom. The zero-order valence-corrected chi connectivity index (χ0v) is 15.5. The first kappa shape index (κ1) is 16.3. The summed E-state index contributed by atoms with van der Waals surface area (Å²) in [6.45, 7) is 2.10.